The Labute approximate surface area is 126 Å². The molecule has 1 atom stereocenters. The Kier molecular flexibility index (Phi) is 5.06. The maximum Gasteiger partial charge on any atom is 0.240 e. The minimum atomic E-state index is -0.386. The summed E-state index contributed by atoms with van der Waals surface area (Å²) in [5.41, 5.74) is 7.15. The molecule has 1 saturated carbocycles. The highest BCUT2D eigenvalue weighted by molar-refractivity contribution is 6.30. The molecule has 1 fully saturated rings. The van der Waals surface area contributed by atoms with Crippen LogP contribution < -0.4 is 5.73 Å². The van der Waals surface area contributed by atoms with Gasteiger partial charge in [0.15, 0.2) is 0 Å². The van der Waals surface area contributed by atoms with Gasteiger partial charge in [-0.15, -0.1) is 0 Å². The van der Waals surface area contributed by atoms with E-state index in [-0.39, 0.29) is 11.9 Å². The molecule has 20 heavy (non-hydrogen) atoms. The van der Waals surface area contributed by atoms with Crippen molar-refractivity contribution in [1.29, 1.82) is 0 Å². The molecule has 3 nitrogen and oxygen atoms in total. The van der Waals surface area contributed by atoms with Crippen LogP contribution >= 0.6 is 11.6 Å². The van der Waals surface area contributed by atoms with Crippen LogP contribution in [0.25, 0.3) is 0 Å². The van der Waals surface area contributed by atoms with Gasteiger partial charge in [-0.1, -0.05) is 37.6 Å². The van der Waals surface area contributed by atoms with Crippen molar-refractivity contribution in [2.75, 3.05) is 0 Å². The van der Waals surface area contributed by atoms with Crippen LogP contribution in [0.1, 0.15) is 38.7 Å². The summed E-state index contributed by atoms with van der Waals surface area (Å²) >= 11 is 5.89. The highest BCUT2D eigenvalue weighted by Gasteiger charge is 2.34. The van der Waals surface area contributed by atoms with E-state index < -0.39 is 0 Å². The first-order valence-corrected chi connectivity index (χ1v) is 7.65. The summed E-state index contributed by atoms with van der Waals surface area (Å²) in [5.74, 6) is 0.515. The van der Waals surface area contributed by atoms with Crippen molar-refractivity contribution in [3.63, 3.8) is 0 Å². The Morgan fingerprint density at radius 1 is 1.35 bits per heavy atom. The Bertz CT molecular complexity index is 454. The lowest BCUT2D eigenvalue weighted by Gasteiger charge is -2.26. The highest BCUT2D eigenvalue weighted by atomic mass is 35.5. The molecule has 0 saturated heterocycles. The first-order valence-electron chi connectivity index (χ1n) is 7.28. The number of halogens is 1. The Hall–Kier alpha value is -1.06. The van der Waals surface area contributed by atoms with Gasteiger partial charge in [0.05, 0.1) is 6.04 Å². The van der Waals surface area contributed by atoms with Gasteiger partial charge in [-0.05, 0) is 42.9 Å². The zero-order valence-electron chi connectivity index (χ0n) is 12.2. The minimum absolute atomic E-state index is 0.0798. The molecule has 1 aromatic rings. The van der Waals surface area contributed by atoms with Crippen molar-refractivity contribution >= 4 is 17.5 Å². The molecular formula is C16H23ClN2O. The molecular weight excluding hydrogens is 272 g/mol. The van der Waals surface area contributed by atoms with Gasteiger partial charge in [0.2, 0.25) is 5.91 Å². The fourth-order valence-electron chi connectivity index (χ4n) is 2.38. The van der Waals surface area contributed by atoms with Gasteiger partial charge in [0, 0.05) is 17.6 Å². The molecule has 1 unspecified atom stereocenters. The third-order valence-corrected chi connectivity index (χ3v) is 3.83. The lowest BCUT2D eigenvalue weighted by molar-refractivity contribution is -0.134. The molecule has 1 aliphatic carbocycles. The molecule has 0 aromatic heterocycles. The van der Waals surface area contributed by atoms with E-state index in [9.17, 15) is 4.79 Å². The van der Waals surface area contributed by atoms with Crippen molar-refractivity contribution < 1.29 is 4.79 Å². The quantitative estimate of drug-likeness (QED) is 0.876. The van der Waals surface area contributed by atoms with E-state index in [0.717, 1.165) is 29.8 Å². The van der Waals surface area contributed by atoms with Gasteiger partial charge in [-0.3, -0.25) is 4.79 Å². The standard InChI is InChI=1S/C16H23ClN2O/c1-11(2)9-15(18)16(20)19(14-7-8-14)10-12-3-5-13(17)6-4-12/h3-6,11,14-15H,7-10,18H2,1-2H3. The zero-order chi connectivity index (χ0) is 14.7. The number of amides is 1. The zero-order valence-corrected chi connectivity index (χ0v) is 12.9. The van der Waals surface area contributed by atoms with Gasteiger partial charge >= 0.3 is 0 Å². The van der Waals surface area contributed by atoms with Gasteiger partial charge < -0.3 is 10.6 Å². The van der Waals surface area contributed by atoms with Crippen molar-refractivity contribution in [2.24, 2.45) is 11.7 Å². The Morgan fingerprint density at radius 3 is 2.45 bits per heavy atom. The van der Waals surface area contributed by atoms with Gasteiger partial charge in [0.25, 0.3) is 0 Å². The summed E-state index contributed by atoms with van der Waals surface area (Å²) in [4.78, 5) is 14.4. The van der Waals surface area contributed by atoms with Crippen molar-refractivity contribution in [1.82, 2.24) is 4.90 Å². The molecule has 1 aliphatic rings. The van der Waals surface area contributed by atoms with Crippen molar-refractivity contribution in [3.05, 3.63) is 34.9 Å². The number of hydrogen-bond acceptors (Lipinski definition) is 2. The van der Waals surface area contributed by atoms with E-state index in [2.05, 4.69) is 13.8 Å². The van der Waals surface area contributed by atoms with Crippen LogP contribution in [-0.2, 0) is 11.3 Å². The number of carbonyl (C=O) groups excluding carboxylic acids is 1. The van der Waals surface area contributed by atoms with Crippen LogP contribution in [0.3, 0.4) is 0 Å². The molecule has 1 amide bonds. The number of rotatable bonds is 6. The summed E-state index contributed by atoms with van der Waals surface area (Å²) in [7, 11) is 0. The monoisotopic (exact) mass is 294 g/mol. The molecule has 110 valence electrons. The fraction of sp³-hybridized carbons (Fsp3) is 0.562. The molecule has 2 N–H and O–H groups in total. The predicted octanol–water partition coefficient (Wildman–Crippen LogP) is 3.20. The van der Waals surface area contributed by atoms with E-state index in [0.29, 0.717) is 18.5 Å². The molecule has 0 radical (unpaired) electrons. The summed E-state index contributed by atoms with van der Waals surface area (Å²) in [5, 5.41) is 0.717. The third kappa shape index (κ3) is 4.22. The van der Waals surface area contributed by atoms with Crippen molar-refractivity contribution in [3.8, 4) is 0 Å². The maximum absolute atomic E-state index is 12.5. The first-order chi connectivity index (χ1) is 9.47. The number of benzene rings is 1. The topological polar surface area (TPSA) is 46.3 Å². The van der Waals surface area contributed by atoms with Crippen molar-refractivity contribution in [2.45, 2.75) is 51.7 Å². The van der Waals surface area contributed by atoms with Crippen LogP contribution in [0, 0.1) is 5.92 Å². The molecule has 0 bridgehead atoms. The summed E-state index contributed by atoms with van der Waals surface area (Å²) < 4.78 is 0. The van der Waals surface area contributed by atoms with Crippen LogP contribution in [0.5, 0.6) is 0 Å². The van der Waals surface area contributed by atoms with Gasteiger partial charge in [-0.25, -0.2) is 0 Å². The maximum atomic E-state index is 12.5. The van der Waals surface area contributed by atoms with Crippen LogP contribution in [0.2, 0.25) is 5.02 Å². The molecule has 0 heterocycles. The molecule has 1 aromatic carbocycles. The summed E-state index contributed by atoms with van der Waals surface area (Å²) in [6, 6.07) is 7.65. The van der Waals surface area contributed by atoms with Gasteiger partial charge in [0.1, 0.15) is 0 Å². The number of nitrogens with zero attached hydrogens (tertiary/aromatic N) is 1. The average molecular weight is 295 g/mol. The Balaban J connectivity index is 2.03. The lowest BCUT2D eigenvalue weighted by Crippen LogP contribution is -2.45. The second-order valence-corrected chi connectivity index (χ2v) is 6.50. The largest absolute Gasteiger partial charge is 0.334 e. The average Bonchev–Trinajstić information content (AvgIpc) is 3.21. The third-order valence-electron chi connectivity index (χ3n) is 3.58. The van der Waals surface area contributed by atoms with E-state index in [1.165, 1.54) is 0 Å². The van der Waals surface area contributed by atoms with Crippen LogP contribution in [0.4, 0.5) is 0 Å². The second kappa shape index (κ2) is 6.59. The highest BCUT2D eigenvalue weighted by Crippen LogP contribution is 2.29. The van der Waals surface area contributed by atoms with E-state index >= 15 is 0 Å². The second-order valence-electron chi connectivity index (χ2n) is 6.06. The summed E-state index contributed by atoms with van der Waals surface area (Å²) in [6.45, 7) is 4.81. The molecule has 0 aliphatic heterocycles. The SMILES string of the molecule is CC(C)CC(N)C(=O)N(Cc1ccc(Cl)cc1)C1CC1. The van der Waals surface area contributed by atoms with E-state index in [1.807, 2.05) is 29.2 Å². The molecule has 0 spiro atoms. The Morgan fingerprint density at radius 2 is 1.95 bits per heavy atom. The van der Waals surface area contributed by atoms with E-state index in [4.69, 9.17) is 17.3 Å². The summed E-state index contributed by atoms with van der Waals surface area (Å²) in [6.07, 6.45) is 2.92. The van der Waals surface area contributed by atoms with Gasteiger partial charge in [-0.2, -0.15) is 0 Å². The minimum Gasteiger partial charge on any atom is -0.334 e. The fourth-order valence-corrected chi connectivity index (χ4v) is 2.51. The number of nitrogens with two attached hydrogens (primary N) is 1. The smallest absolute Gasteiger partial charge is 0.240 e. The molecule has 4 heteroatoms. The lowest BCUT2D eigenvalue weighted by atomic mass is 10.0. The normalized spacial score (nSPS) is 16.2. The number of carbonyl (C=O) groups is 1. The predicted molar refractivity (Wildman–Crippen MR) is 82.5 cm³/mol. The number of hydrogen-bond donors (Lipinski definition) is 1. The van der Waals surface area contributed by atoms with E-state index in [1.54, 1.807) is 0 Å². The molecule has 2 rings (SSSR count). The van der Waals surface area contributed by atoms with Crippen LogP contribution in [-0.4, -0.2) is 22.9 Å². The first kappa shape index (κ1) is 15.3. The van der Waals surface area contributed by atoms with Crippen LogP contribution in [0.15, 0.2) is 24.3 Å².